The van der Waals surface area contributed by atoms with Crippen molar-refractivity contribution in [3.8, 4) is 0 Å². The Labute approximate surface area is 102 Å². The van der Waals surface area contributed by atoms with E-state index < -0.39 is 20.6 Å². The minimum absolute atomic E-state index is 0. The third-order valence-corrected chi connectivity index (χ3v) is 0. The van der Waals surface area contributed by atoms with Crippen LogP contribution in [-0.2, 0) is 41.0 Å². The molecule has 0 aliphatic rings. The zero-order chi connectivity index (χ0) is 9.00. The summed E-state index contributed by atoms with van der Waals surface area (Å²) in [4.78, 5) is 0. The van der Waals surface area contributed by atoms with E-state index in [4.69, 9.17) is 25.9 Å². The van der Waals surface area contributed by atoms with Crippen molar-refractivity contribution in [2.24, 2.45) is 10.3 Å². The summed E-state index contributed by atoms with van der Waals surface area (Å²) in [6.07, 6.45) is 0. The van der Waals surface area contributed by atoms with Crippen molar-refractivity contribution in [1.29, 1.82) is 0 Å². The summed E-state index contributed by atoms with van der Waals surface area (Å²) in [5, 5.41) is 7.54. The summed E-state index contributed by atoms with van der Waals surface area (Å²) in [5.41, 5.74) is 0. The molecular weight excluding hydrogens is 351 g/mol. The average molecular weight is 355 g/mol. The van der Waals surface area contributed by atoms with Gasteiger partial charge in [-0.3, -0.25) is 0 Å². The van der Waals surface area contributed by atoms with Gasteiger partial charge in [0.15, 0.2) is 20.6 Å². The van der Waals surface area contributed by atoms with Gasteiger partial charge in [-0.25, -0.2) is 27.1 Å². The minimum Gasteiger partial charge on any atom is -0.736 e. The third-order valence-electron chi connectivity index (χ3n) is 0. The Kier molecular flexibility index (Phi) is 50.6. The van der Waals surface area contributed by atoms with Crippen molar-refractivity contribution in [3.05, 3.63) is 0 Å². The summed E-state index contributed by atoms with van der Waals surface area (Å²) >= 11 is 0. The topological polar surface area (TPSA) is 288 Å². The molecule has 15 heavy (non-hydrogen) atoms. The molecule has 0 spiro atoms. The van der Waals surface area contributed by atoms with Gasteiger partial charge in [0.2, 0.25) is 0 Å². The molecule has 92 valence electrons. The van der Waals surface area contributed by atoms with Crippen LogP contribution in [0.4, 0.5) is 0 Å². The predicted molar refractivity (Wildman–Crippen MR) is 36.3 cm³/mol. The largest absolute Gasteiger partial charge is 2.00 e. The van der Waals surface area contributed by atoms with Crippen LogP contribution in [-0.4, -0.2) is 25.9 Å². The van der Waals surface area contributed by atoms with E-state index in [0.717, 1.165) is 0 Å². The number of rotatable bonds is 0. The van der Waals surface area contributed by atoms with Crippen molar-refractivity contribution in [3.63, 3.8) is 0 Å². The van der Waals surface area contributed by atoms with Gasteiger partial charge in [0.25, 0.3) is 0 Å². The van der Waals surface area contributed by atoms with Crippen molar-refractivity contribution in [2.45, 2.75) is 0 Å². The molecule has 12 nitrogen and oxygen atoms in total. The summed E-state index contributed by atoms with van der Waals surface area (Å²) in [6.45, 7) is 0. The molecule has 0 aromatic rings. The molecule has 0 aromatic heterocycles. The first-order chi connectivity index (χ1) is 4.00. The molecule has 0 heterocycles. The maximum absolute atomic E-state index is 8.85. The molecule has 0 atom stereocenters. The maximum atomic E-state index is 8.85. The van der Waals surface area contributed by atoms with Crippen LogP contribution in [0.3, 0.4) is 0 Å². The number of hydrogen-bond donors (Lipinski definition) is 2. The Morgan fingerprint density at radius 3 is 0.667 bits per heavy atom. The predicted octanol–water partition coefficient (Wildman–Crippen LogP) is -5.11. The molecular formula is H4N6O6PdS2. The van der Waals surface area contributed by atoms with Crippen LogP contribution in [0, 0.1) is 0 Å². The second kappa shape index (κ2) is 16.7. The van der Waals surface area contributed by atoms with Crippen molar-refractivity contribution in [1.82, 2.24) is 24.6 Å². The average Bonchev–Trinajstić information content (AvgIpc) is 1.12. The Bertz CT molecular complexity index is 222. The monoisotopic (exact) mass is 354 g/mol. The SMILES string of the molecule is NS(=O)(=O)[O-].NS(=O)(=O)[O-].[N].[N].[N].[N].[Pd+2]. The number of nitrogens with zero attached hydrogens (tertiary/aromatic N) is 4. The van der Waals surface area contributed by atoms with Gasteiger partial charge in [-0.05, 0) is 0 Å². The zero-order valence-electron chi connectivity index (χ0n) is 6.53. The summed E-state index contributed by atoms with van der Waals surface area (Å²) in [5.74, 6) is 0. The molecule has 0 saturated heterocycles. The van der Waals surface area contributed by atoms with Crippen LogP contribution < -0.4 is 34.9 Å². The van der Waals surface area contributed by atoms with Gasteiger partial charge in [0.1, 0.15) is 0 Å². The molecule has 0 bridgehead atoms. The second-order valence-corrected chi connectivity index (χ2v) is 2.96. The first kappa shape index (κ1) is 45.5. The van der Waals surface area contributed by atoms with E-state index in [9.17, 15) is 0 Å². The van der Waals surface area contributed by atoms with E-state index in [1.165, 1.54) is 0 Å². The fourth-order valence-corrected chi connectivity index (χ4v) is 0. The molecule has 0 aliphatic heterocycles. The maximum Gasteiger partial charge on any atom is 2.00 e. The summed E-state index contributed by atoms with van der Waals surface area (Å²) in [6, 6.07) is 0. The minimum atomic E-state index is -4.42. The van der Waals surface area contributed by atoms with E-state index in [0.29, 0.717) is 0 Å². The van der Waals surface area contributed by atoms with Crippen LogP contribution in [0.2, 0.25) is 0 Å². The first-order valence-electron chi connectivity index (χ1n) is 1.47. The quantitative estimate of drug-likeness (QED) is 0.316. The van der Waals surface area contributed by atoms with E-state index >= 15 is 0 Å². The summed E-state index contributed by atoms with van der Waals surface area (Å²) < 4.78 is 53.1. The fraction of sp³-hybridized carbons (Fsp3) is 0. The molecule has 0 amide bonds. The van der Waals surface area contributed by atoms with Gasteiger partial charge in [-0.2, -0.15) is 0 Å². The first-order valence-corrected chi connectivity index (χ1v) is 4.41. The van der Waals surface area contributed by atoms with Crippen molar-refractivity contribution >= 4 is 20.6 Å². The van der Waals surface area contributed by atoms with Gasteiger partial charge >= 0.3 is 20.4 Å². The van der Waals surface area contributed by atoms with Crippen molar-refractivity contribution in [2.75, 3.05) is 0 Å². The van der Waals surface area contributed by atoms with Gasteiger partial charge in [-0.1, -0.05) is 0 Å². The van der Waals surface area contributed by atoms with E-state index in [2.05, 4.69) is 10.3 Å². The van der Waals surface area contributed by atoms with Crippen LogP contribution in [0.25, 0.3) is 0 Å². The fourth-order valence-electron chi connectivity index (χ4n) is 0. The van der Waals surface area contributed by atoms with E-state index in [1.54, 1.807) is 0 Å². The number of hydrogen-bond acceptors (Lipinski definition) is 6. The second-order valence-electron chi connectivity index (χ2n) is 0.986. The smallest absolute Gasteiger partial charge is 0.736 e. The molecule has 12 radical (unpaired) electrons. The Morgan fingerprint density at radius 1 is 0.667 bits per heavy atom. The van der Waals surface area contributed by atoms with Crippen molar-refractivity contribution < 1.29 is 46.4 Å². The summed E-state index contributed by atoms with van der Waals surface area (Å²) in [7, 11) is -8.83. The molecule has 0 aromatic carbocycles. The Balaban J connectivity index is -0.0000000128. The molecule has 0 fully saturated rings. The molecule has 15 heteroatoms. The third kappa shape index (κ3) is 36300. The standard InChI is InChI=1S/2H3NO3S.4N.Pd/c2*1-5(2,3)4;;;;;/h2*(H3,1,2,3,4);;;;;/q;;;;;;+2/p-2. The Morgan fingerprint density at radius 2 is 0.667 bits per heavy atom. The molecule has 0 aliphatic carbocycles. The molecule has 0 rings (SSSR count). The van der Waals surface area contributed by atoms with E-state index in [-0.39, 0.29) is 45.0 Å². The van der Waals surface area contributed by atoms with Gasteiger partial charge in [-0.15, -0.1) is 0 Å². The van der Waals surface area contributed by atoms with Crippen LogP contribution in [0.1, 0.15) is 0 Å². The normalized spacial score (nSPS) is 7.73. The molecule has 0 unspecified atom stereocenters. The van der Waals surface area contributed by atoms with Gasteiger partial charge < -0.3 is 9.11 Å². The van der Waals surface area contributed by atoms with Gasteiger partial charge in [0, 0.05) is 24.6 Å². The van der Waals surface area contributed by atoms with Crippen LogP contribution in [0.5, 0.6) is 0 Å². The van der Waals surface area contributed by atoms with Crippen LogP contribution >= 0.6 is 0 Å². The molecule has 0 saturated carbocycles. The van der Waals surface area contributed by atoms with E-state index in [1.807, 2.05) is 0 Å². The number of nitrogens with two attached hydrogens (primary N) is 2. The Hall–Kier alpha value is 0.242. The van der Waals surface area contributed by atoms with Gasteiger partial charge in [0.05, 0.1) is 0 Å². The zero-order valence-corrected chi connectivity index (χ0v) is 9.71. The van der Waals surface area contributed by atoms with Crippen LogP contribution in [0.15, 0.2) is 0 Å². The molecule has 4 N–H and O–H groups in total.